The van der Waals surface area contributed by atoms with Crippen LogP contribution in [0.5, 0.6) is 0 Å². The van der Waals surface area contributed by atoms with Gasteiger partial charge in [-0.15, -0.1) is 0 Å². The van der Waals surface area contributed by atoms with E-state index >= 15 is 0 Å². The van der Waals surface area contributed by atoms with Crippen molar-refractivity contribution in [2.75, 3.05) is 6.54 Å². The van der Waals surface area contributed by atoms with Crippen LogP contribution in [0.15, 0.2) is 10.6 Å². The summed E-state index contributed by atoms with van der Waals surface area (Å²) in [5.74, 6) is 1.04. The predicted octanol–water partition coefficient (Wildman–Crippen LogP) is 2.80. The number of ether oxygens (including phenoxy) is 1. The Kier molecular flexibility index (Phi) is 4.27. The van der Waals surface area contributed by atoms with Crippen molar-refractivity contribution in [3.05, 3.63) is 17.8 Å². The van der Waals surface area contributed by atoms with Gasteiger partial charge in [0.1, 0.15) is 17.4 Å². The van der Waals surface area contributed by atoms with Crippen molar-refractivity contribution >= 4 is 12.1 Å². The summed E-state index contributed by atoms with van der Waals surface area (Å²) in [7, 11) is 0. The molecule has 2 atom stereocenters. The highest BCUT2D eigenvalue weighted by Gasteiger charge is 2.42. The molecule has 1 N–H and O–H groups in total. The van der Waals surface area contributed by atoms with Crippen LogP contribution < -0.4 is 0 Å². The Hall–Kier alpha value is -2.05. The van der Waals surface area contributed by atoms with Gasteiger partial charge in [0, 0.05) is 18.9 Å². The number of likely N-dealkylation sites (tertiary alicyclic amines) is 1. The summed E-state index contributed by atoms with van der Waals surface area (Å²) in [6, 6.07) is -0.859. The lowest BCUT2D eigenvalue weighted by molar-refractivity contribution is -0.142. The molecule has 24 heavy (non-hydrogen) atoms. The molecule has 1 amide bonds. The second-order valence-electron chi connectivity index (χ2n) is 7.72. The van der Waals surface area contributed by atoms with E-state index in [9.17, 15) is 14.7 Å². The minimum atomic E-state index is -1.01. The van der Waals surface area contributed by atoms with Gasteiger partial charge in [0.15, 0.2) is 5.89 Å². The average Bonchev–Trinajstić information content (AvgIpc) is 3.05. The minimum Gasteiger partial charge on any atom is -0.480 e. The first-order chi connectivity index (χ1) is 11.2. The fraction of sp³-hybridized carbons (Fsp3) is 0.706. The van der Waals surface area contributed by atoms with Gasteiger partial charge >= 0.3 is 12.1 Å². The van der Waals surface area contributed by atoms with Crippen LogP contribution in [0, 0.1) is 5.92 Å². The lowest BCUT2D eigenvalue weighted by Crippen LogP contribution is -2.43. The largest absolute Gasteiger partial charge is 0.480 e. The molecule has 0 radical (unpaired) electrons. The maximum absolute atomic E-state index is 12.3. The van der Waals surface area contributed by atoms with Crippen LogP contribution in [0.1, 0.15) is 57.6 Å². The number of oxazole rings is 1. The first-order valence-corrected chi connectivity index (χ1v) is 8.40. The smallest absolute Gasteiger partial charge is 0.411 e. The Balaban J connectivity index is 1.65. The number of hydrogen-bond donors (Lipinski definition) is 1. The fourth-order valence-electron chi connectivity index (χ4n) is 3.05. The van der Waals surface area contributed by atoms with Crippen molar-refractivity contribution in [3.63, 3.8) is 0 Å². The van der Waals surface area contributed by atoms with Gasteiger partial charge in [0.25, 0.3) is 0 Å². The van der Waals surface area contributed by atoms with Crippen LogP contribution in [0.2, 0.25) is 0 Å². The molecular formula is C17H24N2O5. The predicted molar refractivity (Wildman–Crippen MR) is 84.7 cm³/mol. The summed E-state index contributed by atoms with van der Waals surface area (Å²) < 4.78 is 11.1. The van der Waals surface area contributed by atoms with E-state index < -0.39 is 23.7 Å². The number of carboxylic acid groups (broad SMARTS) is 1. The van der Waals surface area contributed by atoms with Crippen molar-refractivity contribution in [1.82, 2.24) is 9.88 Å². The zero-order chi connectivity index (χ0) is 17.5. The van der Waals surface area contributed by atoms with Crippen LogP contribution in [-0.2, 0) is 16.0 Å². The van der Waals surface area contributed by atoms with Crippen molar-refractivity contribution < 1.29 is 23.8 Å². The molecule has 2 fully saturated rings. The minimum absolute atomic E-state index is 0.00400. The third-order valence-corrected chi connectivity index (χ3v) is 4.32. The summed E-state index contributed by atoms with van der Waals surface area (Å²) in [6.07, 6.45) is 4.40. The second kappa shape index (κ2) is 6.11. The Morgan fingerprint density at radius 3 is 2.71 bits per heavy atom. The maximum atomic E-state index is 12.3. The molecule has 2 aliphatic rings. The van der Waals surface area contributed by atoms with Gasteiger partial charge in [-0.05, 0) is 46.0 Å². The van der Waals surface area contributed by atoms with Crippen molar-refractivity contribution in [1.29, 1.82) is 0 Å². The molecule has 0 bridgehead atoms. The number of amides is 1. The molecule has 2 heterocycles. The number of aromatic nitrogens is 1. The van der Waals surface area contributed by atoms with Crippen molar-refractivity contribution in [2.45, 2.75) is 64.0 Å². The van der Waals surface area contributed by atoms with Crippen LogP contribution in [0.25, 0.3) is 0 Å². The normalized spacial score (nSPS) is 24.2. The summed E-state index contributed by atoms with van der Waals surface area (Å²) in [5.41, 5.74) is -0.653. The van der Waals surface area contributed by atoms with E-state index in [4.69, 9.17) is 9.15 Å². The highest BCUT2D eigenvalue weighted by molar-refractivity contribution is 5.81. The molecule has 0 aromatic carbocycles. The SMILES string of the molecule is CC(C)(C)OC(=O)N1C[C@H](Cc2ncc(C3CC3)o2)C[C@H]1C(=O)O. The van der Waals surface area contributed by atoms with Gasteiger partial charge in [-0.2, -0.15) is 0 Å². The third kappa shape index (κ3) is 3.88. The van der Waals surface area contributed by atoms with E-state index in [2.05, 4.69) is 4.98 Å². The molecule has 1 aliphatic heterocycles. The maximum Gasteiger partial charge on any atom is 0.411 e. The number of hydrogen-bond acceptors (Lipinski definition) is 5. The van der Waals surface area contributed by atoms with E-state index in [1.165, 1.54) is 4.90 Å². The highest BCUT2D eigenvalue weighted by atomic mass is 16.6. The van der Waals surface area contributed by atoms with E-state index in [1.54, 1.807) is 27.0 Å². The zero-order valence-corrected chi connectivity index (χ0v) is 14.3. The summed E-state index contributed by atoms with van der Waals surface area (Å²) in [4.78, 5) is 29.4. The van der Waals surface area contributed by atoms with Crippen LogP contribution >= 0.6 is 0 Å². The number of nitrogens with zero attached hydrogens (tertiary/aromatic N) is 2. The molecule has 132 valence electrons. The van der Waals surface area contributed by atoms with Crippen molar-refractivity contribution in [2.24, 2.45) is 5.92 Å². The van der Waals surface area contributed by atoms with Gasteiger partial charge in [-0.1, -0.05) is 0 Å². The number of aliphatic carboxylic acids is 1. The first kappa shape index (κ1) is 16.8. The fourth-order valence-corrected chi connectivity index (χ4v) is 3.05. The Morgan fingerprint density at radius 1 is 1.42 bits per heavy atom. The molecule has 1 aromatic rings. The zero-order valence-electron chi connectivity index (χ0n) is 14.3. The Labute approximate surface area is 141 Å². The topological polar surface area (TPSA) is 92.9 Å². The van der Waals surface area contributed by atoms with E-state index in [-0.39, 0.29) is 5.92 Å². The number of carbonyl (C=O) groups excluding carboxylic acids is 1. The van der Waals surface area contributed by atoms with Gasteiger partial charge in [-0.3, -0.25) is 4.90 Å². The summed E-state index contributed by atoms with van der Waals surface area (Å²) in [6.45, 7) is 5.63. The van der Waals surface area contributed by atoms with E-state index in [0.717, 1.165) is 18.6 Å². The number of carboxylic acids is 1. The van der Waals surface area contributed by atoms with E-state index in [0.29, 0.717) is 31.2 Å². The van der Waals surface area contributed by atoms with Gasteiger partial charge in [-0.25, -0.2) is 14.6 Å². The first-order valence-electron chi connectivity index (χ1n) is 8.40. The quantitative estimate of drug-likeness (QED) is 0.909. The molecule has 0 unspecified atom stereocenters. The third-order valence-electron chi connectivity index (χ3n) is 4.32. The molecule has 7 heteroatoms. The molecule has 1 saturated carbocycles. The van der Waals surface area contributed by atoms with Gasteiger partial charge in [0.05, 0.1) is 6.20 Å². The molecule has 0 spiro atoms. The van der Waals surface area contributed by atoms with Gasteiger partial charge < -0.3 is 14.3 Å². The average molecular weight is 336 g/mol. The summed E-state index contributed by atoms with van der Waals surface area (Å²) in [5, 5.41) is 9.41. The number of rotatable bonds is 4. The van der Waals surface area contributed by atoms with Gasteiger partial charge in [0.2, 0.25) is 0 Å². The van der Waals surface area contributed by atoms with Crippen LogP contribution in [0.4, 0.5) is 4.79 Å². The monoisotopic (exact) mass is 336 g/mol. The van der Waals surface area contributed by atoms with E-state index in [1.807, 2.05) is 0 Å². The second-order valence-corrected chi connectivity index (χ2v) is 7.72. The molecule has 3 rings (SSSR count). The molecule has 1 saturated heterocycles. The molecule has 7 nitrogen and oxygen atoms in total. The molecule has 1 aromatic heterocycles. The Bertz CT molecular complexity index is 629. The van der Waals surface area contributed by atoms with Crippen molar-refractivity contribution in [3.8, 4) is 0 Å². The van der Waals surface area contributed by atoms with Crippen LogP contribution in [-0.4, -0.2) is 45.2 Å². The lowest BCUT2D eigenvalue weighted by atomic mass is 10.0. The molecular weight excluding hydrogens is 312 g/mol. The Morgan fingerprint density at radius 2 is 2.12 bits per heavy atom. The highest BCUT2D eigenvalue weighted by Crippen LogP contribution is 2.40. The lowest BCUT2D eigenvalue weighted by Gasteiger charge is -2.26. The standard InChI is InChI=1S/C17H24N2O5/c1-17(2,3)24-16(22)19-9-10(6-12(19)15(20)21)7-14-18-8-13(23-14)11-4-5-11/h8,10-12H,4-7,9H2,1-3H3,(H,20,21)/t10-,12-/m0/s1. The molecule has 1 aliphatic carbocycles. The number of carbonyl (C=O) groups is 2. The van der Waals surface area contributed by atoms with Crippen LogP contribution in [0.3, 0.4) is 0 Å². The summed E-state index contributed by atoms with van der Waals surface area (Å²) >= 11 is 0.